The topological polar surface area (TPSA) is 92.1 Å². The zero-order valence-electron chi connectivity index (χ0n) is 17.1. The number of H-pyrrole nitrogens is 1. The number of aromatic amines is 1. The maximum atomic E-state index is 12.5. The van der Waals surface area contributed by atoms with Crippen molar-refractivity contribution in [2.45, 2.75) is 75.6 Å². The zero-order valence-corrected chi connectivity index (χ0v) is 17.9. The highest BCUT2D eigenvalue weighted by Gasteiger charge is 2.43. The van der Waals surface area contributed by atoms with E-state index in [4.69, 9.17) is 4.98 Å². The predicted octanol–water partition coefficient (Wildman–Crippen LogP) is 3.82. The minimum atomic E-state index is -3.18. The number of hydrogen-bond acceptors (Lipinski definition) is 4. The number of imidazole rings is 1. The van der Waals surface area contributed by atoms with Gasteiger partial charge in [-0.25, -0.2) is 23.1 Å². The minimum Gasteiger partial charge on any atom is -0.346 e. The molecule has 0 amide bonds. The van der Waals surface area contributed by atoms with Crippen molar-refractivity contribution >= 4 is 22.6 Å². The number of aromatic nitrogens is 3. The molecule has 156 valence electrons. The Morgan fingerprint density at radius 1 is 1.28 bits per heavy atom. The van der Waals surface area contributed by atoms with Crippen molar-refractivity contribution in [1.82, 2.24) is 19.3 Å². The van der Waals surface area contributed by atoms with Crippen LogP contribution in [0.25, 0.3) is 11.3 Å². The van der Waals surface area contributed by atoms with Crippen molar-refractivity contribution in [1.29, 1.82) is 0 Å². The SMILES string of the molecule is C=Nc1[nH]ccc1-c1c(C)nc(C2CC2)n1[C@H]1C[C@@H](NS(=O)(=O)C2CC2)C[C@H]1C. The molecule has 2 heterocycles. The first-order chi connectivity index (χ1) is 13.9. The summed E-state index contributed by atoms with van der Waals surface area (Å²) in [5, 5.41) is -0.175. The summed E-state index contributed by atoms with van der Waals surface area (Å²) in [4.78, 5) is 12.3. The second kappa shape index (κ2) is 6.80. The molecule has 5 rings (SSSR count). The smallest absolute Gasteiger partial charge is 0.214 e. The summed E-state index contributed by atoms with van der Waals surface area (Å²) < 4.78 is 30.3. The van der Waals surface area contributed by atoms with Crippen molar-refractivity contribution in [2.24, 2.45) is 10.9 Å². The average molecular weight is 416 g/mol. The van der Waals surface area contributed by atoms with E-state index < -0.39 is 10.0 Å². The molecule has 3 atom stereocenters. The Labute approximate surface area is 172 Å². The second-order valence-electron chi connectivity index (χ2n) is 9.02. The first-order valence-corrected chi connectivity index (χ1v) is 12.2. The van der Waals surface area contributed by atoms with Crippen LogP contribution in [0.1, 0.15) is 68.9 Å². The number of nitrogens with one attached hydrogen (secondary N) is 2. The number of aliphatic imine (C=N–C) groups is 1. The van der Waals surface area contributed by atoms with Crippen molar-refractivity contribution in [2.75, 3.05) is 0 Å². The molecule has 0 aliphatic heterocycles. The molecule has 3 fully saturated rings. The van der Waals surface area contributed by atoms with Crippen LogP contribution in [0.4, 0.5) is 5.82 Å². The van der Waals surface area contributed by atoms with Gasteiger partial charge in [-0.15, -0.1) is 0 Å². The van der Waals surface area contributed by atoms with Crippen LogP contribution >= 0.6 is 0 Å². The summed E-state index contributed by atoms with van der Waals surface area (Å²) in [6, 6.07) is 2.25. The molecule has 0 radical (unpaired) electrons. The van der Waals surface area contributed by atoms with Crippen LogP contribution in [-0.2, 0) is 10.0 Å². The molecule has 0 spiro atoms. The monoisotopic (exact) mass is 415 g/mol. The summed E-state index contributed by atoms with van der Waals surface area (Å²) in [6.07, 6.45) is 7.49. The van der Waals surface area contributed by atoms with Crippen LogP contribution in [-0.4, -0.2) is 41.0 Å². The molecular formula is C21H29N5O2S. The highest BCUT2D eigenvalue weighted by molar-refractivity contribution is 7.90. The molecule has 0 aromatic carbocycles. The van der Waals surface area contributed by atoms with E-state index in [1.807, 2.05) is 12.3 Å². The molecule has 0 unspecified atom stereocenters. The van der Waals surface area contributed by atoms with Gasteiger partial charge in [0.25, 0.3) is 0 Å². The van der Waals surface area contributed by atoms with E-state index in [0.717, 1.165) is 54.3 Å². The molecule has 3 saturated carbocycles. The van der Waals surface area contributed by atoms with E-state index in [2.05, 4.69) is 39.8 Å². The number of nitrogens with zero attached hydrogens (tertiary/aromatic N) is 3. The molecule has 8 heteroatoms. The predicted molar refractivity (Wildman–Crippen MR) is 114 cm³/mol. The Morgan fingerprint density at radius 2 is 2.03 bits per heavy atom. The third-order valence-electron chi connectivity index (χ3n) is 6.66. The van der Waals surface area contributed by atoms with E-state index in [1.165, 1.54) is 12.8 Å². The van der Waals surface area contributed by atoms with Crippen molar-refractivity contribution < 1.29 is 8.42 Å². The fourth-order valence-electron chi connectivity index (χ4n) is 4.93. The van der Waals surface area contributed by atoms with Gasteiger partial charge in [0.2, 0.25) is 10.0 Å². The van der Waals surface area contributed by atoms with E-state index in [-0.39, 0.29) is 17.3 Å². The minimum absolute atomic E-state index is 0.00793. The van der Waals surface area contributed by atoms with Crippen molar-refractivity contribution in [3.8, 4) is 11.3 Å². The standard InChI is InChI=1S/C21H29N5O2S/c1-12-10-15(25-29(27,28)16-6-7-16)11-18(12)26-19(17-8-9-23-20(17)22-3)13(2)24-21(26)14-4-5-14/h8-9,12,14-16,18,23,25H,3-7,10-11H2,1-2H3/t12-,15+,18+/m1/s1. The van der Waals surface area contributed by atoms with Crippen LogP contribution in [0.2, 0.25) is 0 Å². The van der Waals surface area contributed by atoms with E-state index >= 15 is 0 Å². The van der Waals surface area contributed by atoms with E-state index in [1.54, 1.807) is 0 Å². The Bertz CT molecular complexity index is 1050. The third kappa shape index (κ3) is 3.36. The van der Waals surface area contributed by atoms with E-state index in [9.17, 15) is 8.42 Å². The normalized spacial score (nSPS) is 27.4. The van der Waals surface area contributed by atoms with Gasteiger partial charge in [0.1, 0.15) is 11.6 Å². The summed E-state index contributed by atoms with van der Waals surface area (Å²) in [5.41, 5.74) is 3.12. The molecule has 2 aromatic heterocycles. The Morgan fingerprint density at radius 3 is 2.69 bits per heavy atom. The number of rotatable bonds is 7. The molecule has 2 aromatic rings. The Balaban J connectivity index is 1.52. The first-order valence-electron chi connectivity index (χ1n) is 10.6. The lowest BCUT2D eigenvalue weighted by molar-refractivity contribution is 0.399. The highest BCUT2D eigenvalue weighted by atomic mass is 32.2. The maximum Gasteiger partial charge on any atom is 0.214 e. The molecule has 3 aliphatic carbocycles. The lowest BCUT2D eigenvalue weighted by Gasteiger charge is -2.23. The summed E-state index contributed by atoms with van der Waals surface area (Å²) in [5.74, 6) is 2.78. The highest BCUT2D eigenvalue weighted by Crippen LogP contribution is 2.48. The van der Waals surface area contributed by atoms with Gasteiger partial charge in [-0.05, 0) is 64.2 Å². The molecule has 3 aliphatic rings. The molecule has 2 N–H and O–H groups in total. The Kier molecular flexibility index (Phi) is 4.47. The molecule has 29 heavy (non-hydrogen) atoms. The van der Waals surface area contributed by atoms with Gasteiger partial charge in [-0.1, -0.05) is 6.92 Å². The third-order valence-corrected chi connectivity index (χ3v) is 8.67. The molecule has 7 nitrogen and oxygen atoms in total. The fraction of sp³-hybridized carbons (Fsp3) is 0.619. The lowest BCUT2D eigenvalue weighted by Crippen LogP contribution is -2.35. The van der Waals surface area contributed by atoms with Gasteiger partial charge in [0, 0.05) is 29.8 Å². The van der Waals surface area contributed by atoms with Gasteiger partial charge >= 0.3 is 0 Å². The van der Waals surface area contributed by atoms with Crippen LogP contribution in [0.5, 0.6) is 0 Å². The fourth-order valence-corrected chi connectivity index (χ4v) is 6.54. The van der Waals surface area contributed by atoms with Gasteiger partial charge in [-0.3, -0.25) is 0 Å². The van der Waals surface area contributed by atoms with Crippen molar-refractivity contribution in [3.63, 3.8) is 0 Å². The van der Waals surface area contributed by atoms with Gasteiger partial charge in [0.05, 0.1) is 16.6 Å². The summed E-state index contributed by atoms with van der Waals surface area (Å²) in [7, 11) is -3.18. The summed E-state index contributed by atoms with van der Waals surface area (Å²) >= 11 is 0. The molecule has 0 bridgehead atoms. The van der Waals surface area contributed by atoms with Crippen molar-refractivity contribution in [3.05, 3.63) is 23.8 Å². The lowest BCUT2D eigenvalue weighted by atomic mass is 10.0. The number of aryl methyl sites for hydroxylation is 1. The Hall–Kier alpha value is -1.93. The van der Waals surface area contributed by atoms with Gasteiger partial charge in [-0.2, -0.15) is 0 Å². The van der Waals surface area contributed by atoms with Crippen LogP contribution in [0.3, 0.4) is 0 Å². The molecular weight excluding hydrogens is 386 g/mol. The first kappa shape index (κ1) is 19.1. The number of hydrogen-bond donors (Lipinski definition) is 2. The molecule has 0 saturated heterocycles. The van der Waals surface area contributed by atoms with Gasteiger partial charge in [0.15, 0.2) is 0 Å². The van der Waals surface area contributed by atoms with Gasteiger partial charge < -0.3 is 9.55 Å². The largest absolute Gasteiger partial charge is 0.346 e. The number of sulfonamides is 1. The second-order valence-corrected chi connectivity index (χ2v) is 11.0. The maximum absolute atomic E-state index is 12.5. The quantitative estimate of drug-likeness (QED) is 0.674. The van der Waals surface area contributed by atoms with Crippen LogP contribution in [0.15, 0.2) is 17.3 Å². The average Bonchev–Trinajstić information content (AvgIpc) is 3.58. The van der Waals surface area contributed by atoms with Crippen LogP contribution in [0, 0.1) is 12.8 Å². The zero-order chi connectivity index (χ0) is 20.3. The van der Waals surface area contributed by atoms with E-state index in [0.29, 0.717) is 11.8 Å². The summed E-state index contributed by atoms with van der Waals surface area (Å²) in [6.45, 7) is 7.99. The van der Waals surface area contributed by atoms with Crippen LogP contribution < -0.4 is 4.72 Å².